The molecule has 0 spiro atoms. The molecule has 43 heavy (non-hydrogen) atoms. The van der Waals surface area contributed by atoms with Gasteiger partial charge in [0.1, 0.15) is 5.60 Å². The maximum atomic E-state index is 12.1. The molecular formula is C33H40N4O4S2. The number of benzene rings is 2. The maximum Gasteiger partial charge on any atom is 0.412 e. The van der Waals surface area contributed by atoms with Gasteiger partial charge in [0.25, 0.3) is 0 Å². The summed E-state index contributed by atoms with van der Waals surface area (Å²) in [5, 5.41) is 12.5. The Kier molecular flexibility index (Phi) is 11.5. The third-order valence-corrected chi connectivity index (χ3v) is 7.72. The van der Waals surface area contributed by atoms with E-state index in [1.54, 1.807) is 49.5 Å². The Bertz CT molecular complexity index is 1520. The van der Waals surface area contributed by atoms with E-state index < -0.39 is 11.7 Å². The lowest BCUT2D eigenvalue weighted by molar-refractivity contribution is -0.119. The number of anilines is 4. The van der Waals surface area contributed by atoms with E-state index >= 15 is 0 Å². The molecule has 0 atom stereocenters. The van der Waals surface area contributed by atoms with Crippen LogP contribution in [0.15, 0.2) is 71.4 Å². The van der Waals surface area contributed by atoms with Gasteiger partial charge in [-0.2, -0.15) is 0 Å². The van der Waals surface area contributed by atoms with Gasteiger partial charge in [0.05, 0.1) is 22.7 Å². The van der Waals surface area contributed by atoms with Crippen LogP contribution in [0.1, 0.15) is 48.5 Å². The average molecular weight is 621 g/mol. The zero-order chi connectivity index (χ0) is 31.7. The predicted octanol–water partition coefficient (Wildman–Crippen LogP) is 8.95. The minimum atomic E-state index is -0.595. The third kappa shape index (κ3) is 10.3. The van der Waals surface area contributed by atoms with Crippen molar-refractivity contribution in [2.45, 2.75) is 54.1 Å². The summed E-state index contributed by atoms with van der Waals surface area (Å²) < 4.78 is 5.29. The van der Waals surface area contributed by atoms with E-state index in [9.17, 15) is 14.4 Å². The van der Waals surface area contributed by atoms with Crippen molar-refractivity contribution < 1.29 is 19.1 Å². The highest BCUT2D eigenvalue weighted by molar-refractivity contribution is 7.13. The van der Waals surface area contributed by atoms with Crippen LogP contribution in [0.5, 0.6) is 0 Å². The molecule has 8 nitrogen and oxygen atoms in total. The molecule has 2 aromatic carbocycles. The number of ether oxygens (including phenoxy) is 1. The zero-order valence-corrected chi connectivity index (χ0v) is 27.2. The highest BCUT2D eigenvalue weighted by Crippen LogP contribution is 2.33. The number of amides is 3. The average Bonchev–Trinajstić information content (AvgIpc) is 3.65. The Balaban J connectivity index is 0.000000248. The van der Waals surface area contributed by atoms with Gasteiger partial charge in [-0.25, -0.2) is 4.79 Å². The number of carbonyl (C=O) groups is 3. The number of carbonyl (C=O) groups excluding carboxylic acids is 3. The van der Waals surface area contributed by atoms with Crippen molar-refractivity contribution in [2.75, 3.05) is 21.7 Å². The first-order valence-electron chi connectivity index (χ1n) is 14.0. The fourth-order valence-corrected chi connectivity index (χ4v) is 5.03. The molecule has 0 aliphatic heterocycles. The molecule has 0 saturated carbocycles. The van der Waals surface area contributed by atoms with Gasteiger partial charge < -0.3 is 21.1 Å². The van der Waals surface area contributed by atoms with Crippen LogP contribution in [-0.2, 0) is 14.3 Å². The second-order valence-electron chi connectivity index (χ2n) is 11.4. The molecule has 0 bridgehead atoms. The number of nitrogens with two attached hydrogens (primary N) is 1. The van der Waals surface area contributed by atoms with Gasteiger partial charge in [-0.05, 0) is 79.1 Å². The predicted molar refractivity (Wildman–Crippen MR) is 181 cm³/mol. The van der Waals surface area contributed by atoms with E-state index in [2.05, 4.69) is 16.0 Å². The molecule has 0 saturated heterocycles. The van der Waals surface area contributed by atoms with Crippen molar-refractivity contribution in [3.8, 4) is 20.9 Å². The van der Waals surface area contributed by atoms with Crippen LogP contribution in [0.4, 0.5) is 27.5 Å². The minimum Gasteiger partial charge on any atom is -0.444 e. The number of nitrogen functional groups attached to an aromatic ring is 1. The van der Waals surface area contributed by atoms with E-state index in [1.807, 2.05) is 93.1 Å². The summed E-state index contributed by atoms with van der Waals surface area (Å²) >= 11 is 3.28. The number of hydrogen-bond donors (Lipinski definition) is 4. The molecule has 0 aliphatic rings. The molecule has 4 rings (SSSR count). The van der Waals surface area contributed by atoms with Gasteiger partial charge in [0, 0.05) is 21.6 Å². The zero-order valence-electron chi connectivity index (χ0n) is 25.6. The highest BCUT2D eigenvalue weighted by Gasteiger charge is 2.19. The van der Waals surface area contributed by atoms with Crippen LogP contribution < -0.4 is 21.7 Å². The van der Waals surface area contributed by atoms with Gasteiger partial charge in [-0.1, -0.05) is 52.0 Å². The Labute approximate surface area is 261 Å². The van der Waals surface area contributed by atoms with Crippen LogP contribution in [0.25, 0.3) is 20.9 Å². The van der Waals surface area contributed by atoms with Crippen LogP contribution in [0, 0.1) is 11.8 Å². The van der Waals surface area contributed by atoms with Crippen molar-refractivity contribution >= 4 is 63.3 Å². The van der Waals surface area contributed by atoms with Gasteiger partial charge >= 0.3 is 6.09 Å². The second kappa shape index (κ2) is 14.8. The third-order valence-electron chi connectivity index (χ3n) is 5.88. The fourth-order valence-electron chi connectivity index (χ4n) is 3.58. The summed E-state index contributed by atoms with van der Waals surface area (Å²) in [4.78, 5) is 38.1. The lowest BCUT2D eigenvalue weighted by Gasteiger charge is -2.21. The maximum absolute atomic E-state index is 12.1. The first-order valence-corrected chi connectivity index (χ1v) is 15.7. The summed E-state index contributed by atoms with van der Waals surface area (Å²) in [6, 6.07) is 19.3. The molecule has 10 heteroatoms. The van der Waals surface area contributed by atoms with E-state index in [0.717, 1.165) is 20.9 Å². The van der Waals surface area contributed by atoms with Gasteiger partial charge in [0.2, 0.25) is 11.8 Å². The van der Waals surface area contributed by atoms with Crippen LogP contribution >= 0.6 is 22.7 Å². The summed E-state index contributed by atoms with van der Waals surface area (Å²) in [5.74, 6) is -0.366. The molecule has 0 unspecified atom stereocenters. The molecule has 2 aromatic heterocycles. The molecule has 228 valence electrons. The van der Waals surface area contributed by atoms with Gasteiger partial charge in [0.15, 0.2) is 0 Å². The Morgan fingerprint density at radius 2 is 1.19 bits per heavy atom. The number of rotatable bonds is 7. The largest absolute Gasteiger partial charge is 0.444 e. The molecular weight excluding hydrogens is 581 g/mol. The Morgan fingerprint density at radius 1 is 0.698 bits per heavy atom. The molecule has 3 amide bonds. The Morgan fingerprint density at radius 3 is 1.65 bits per heavy atom. The first-order chi connectivity index (χ1) is 20.2. The van der Waals surface area contributed by atoms with Crippen molar-refractivity contribution in [2.24, 2.45) is 11.8 Å². The first kappa shape index (κ1) is 33.4. The van der Waals surface area contributed by atoms with Crippen molar-refractivity contribution in [1.29, 1.82) is 0 Å². The normalized spacial score (nSPS) is 11.0. The van der Waals surface area contributed by atoms with Crippen molar-refractivity contribution in [1.82, 2.24) is 0 Å². The molecule has 2 heterocycles. The van der Waals surface area contributed by atoms with E-state index in [4.69, 9.17) is 10.5 Å². The Hall–Kier alpha value is -4.15. The SMILES string of the molecule is CC(C)C(=O)Nc1cc(-c2cccs2)ccc1N.CC(C)C(=O)Nc1cc(-c2cccs2)ccc1NC(=O)OC(C)(C)C. The van der Waals surface area contributed by atoms with Crippen LogP contribution in [0.3, 0.4) is 0 Å². The van der Waals surface area contributed by atoms with Crippen molar-refractivity contribution in [3.05, 3.63) is 71.4 Å². The molecule has 0 fully saturated rings. The topological polar surface area (TPSA) is 123 Å². The number of thiophene rings is 2. The lowest BCUT2D eigenvalue weighted by Crippen LogP contribution is -2.28. The summed E-state index contributed by atoms with van der Waals surface area (Å²) in [6.07, 6.45) is -0.559. The van der Waals surface area contributed by atoms with E-state index in [0.29, 0.717) is 22.7 Å². The number of hydrogen-bond acceptors (Lipinski definition) is 7. The van der Waals surface area contributed by atoms with Crippen LogP contribution in [0.2, 0.25) is 0 Å². The minimum absolute atomic E-state index is 0.0231. The summed E-state index contributed by atoms with van der Waals surface area (Å²) in [7, 11) is 0. The van der Waals surface area contributed by atoms with E-state index in [-0.39, 0.29) is 23.7 Å². The lowest BCUT2D eigenvalue weighted by atomic mass is 10.1. The second-order valence-corrected chi connectivity index (χ2v) is 13.3. The summed E-state index contributed by atoms with van der Waals surface area (Å²) in [6.45, 7) is 12.7. The van der Waals surface area contributed by atoms with Gasteiger partial charge in [-0.15, -0.1) is 22.7 Å². The number of nitrogens with one attached hydrogen (secondary N) is 3. The van der Waals surface area contributed by atoms with Crippen LogP contribution in [-0.4, -0.2) is 23.5 Å². The highest BCUT2D eigenvalue weighted by atomic mass is 32.1. The summed E-state index contributed by atoms with van der Waals surface area (Å²) in [5.41, 5.74) is 9.65. The quantitative estimate of drug-likeness (QED) is 0.154. The molecule has 0 radical (unpaired) electrons. The van der Waals surface area contributed by atoms with E-state index in [1.165, 1.54) is 0 Å². The molecule has 0 aliphatic carbocycles. The standard InChI is InChI=1S/C19H24N2O3S.C14H16N2OS/c1-12(2)17(22)20-15-11-13(16-7-6-10-25-16)8-9-14(15)21-18(23)24-19(3,4)5;1-9(2)14(17)16-12-8-10(5-6-11(12)15)13-4-3-7-18-13/h6-12H,1-5H3,(H,20,22)(H,21,23);3-9H,15H2,1-2H3,(H,16,17). The van der Waals surface area contributed by atoms with Crippen molar-refractivity contribution in [3.63, 3.8) is 0 Å². The molecule has 4 aromatic rings. The fraction of sp³-hybridized carbons (Fsp3) is 0.303. The smallest absolute Gasteiger partial charge is 0.412 e. The monoisotopic (exact) mass is 620 g/mol. The molecule has 5 N–H and O–H groups in total. The van der Waals surface area contributed by atoms with Gasteiger partial charge in [-0.3, -0.25) is 14.9 Å².